The molecule has 1 aliphatic rings. The molecule has 8 heteroatoms. The topological polar surface area (TPSA) is 98.1 Å². The van der Waals surface area contributed by atoms with Gasteiger partial charge in [0.15, 0.2) is 9.84 Å². The molecule has 0 spiro atoms. The molecule has 1 saturated carbocycles. The molecule has 1 fully saturated rings. The molecule has 0 saturated heterocycles. The van der Waals surface area contributed by atoms with Crippen LogP contribution in [0.25, 0.3) is 10.9 Å². The van der Waals surface area contributed by atoms with Crippen LogP contribution in [-0.2, 0) is 21.2 Å². The fraction of sp³-hybridized carbons (Fsp3) is 0.286. The lowest BCUT2D eigenvalue weighted by Crippen LogP contribution is -2.28. The van der Waals surface area contributed by atoms with E-state index in [2.05, 4.69) is 10.3 Å². The maximum atomic E-state index is 12.8. The van der Waals surface area contributed by atoms with Gasteiger partial charge in [0.1, 0.15) is 6.54 Å². The van der Waals surface area contributed by atoms with E-state index in [1.807, 2.05) is 0 Å². The number of para-hydroxylation sites is 1. The maximum Gasteiger partial charge on any atom is 0.261 e. The molecular weight excluding hydrogens is 390 g/mol. The highest BCUT2D eigenvalue weighted by Crippen LogP contribution is 2.30. The van der Waals surface area contributed by atoms with Crippen molar-refractivity contribution in [2.75, 3.05) is 5.32 Å². The number of amides is 1. The number of carbonyl (C=O) groups is 1. The Labute approximate surface area is 168 Å². The lowest BCUT2D eigenvalue weighted by molar-refractivity contribution is -0.116. The Morgan fingerprint density at radius 1 is 1.10 bits per heavy atom. The van der Waals surface area contributed by atoms with Crippen molar-refractivity contribution in [3.8, 4) is 0 Å². The minimum Gasteiger partial charge on any atom is -0.324 e. The van der Waals surface area contributed by atoms with Crippen LogP contribution in [0, 0.1) is 0 Å². The van der Waals surface area contributed by atoms with Crippen LogP contribution in [0.4, 0.5) is 5.69 Å². The summed E-state index contributed by atoms with van der Waals surface area (Å²) in [6.07, 6.45) is 4.54. The van der Waals surface area contributed by atoms with E-state index in [1.165, 1.54) is 17.0 Å². The Balaban J connectivity index is 1.52. The fourth-order valence-electron chi connectivity index (χ4n) is 3.72. The number of rotatable bonds is 5. The lowest BCUT2D eigenvalue weighted by atomic mass is 10.2. The quantitative estimate of drug-likeness (QED) is 0.696. The van der Waals surface area contributed by atoms with Gasteiger partial charge in [0.05, 0.1) is 27.4 Å². The summed E-state index contributed by atoms with van der Waals surface area (Å²) in [6.45, 7) is -0.212. The van der Waals surface area contributed by atoms with Crippen molar-refractivity contribution in [3.05, 3.63) is 65.2 Å². The number of fused-ring (bicyclic) bond motifs is 1. The van der Waals surface area contributed by atoms with Gasteiger partial charge in [-0.25, -0.2) is 13.4 Å². The van der Waals surface area contributed by atoms with Gasteiger partial charge in [-0.1, -0.05) is 31.0 Å². The molecule has 0 atom stereocenters. The highest BCUT2D eigenvalue weighted by atomic mass is 32.2. The van der Waals surface area contributed by atoms with Crippen LogP contribution in [0.3, 0.4) is 0 Å². The molecule has 1 N–H and O–H groups in total. The summed E-state index contributed by atoms with van der Waals surface area (Å²) in [5.41, 5.74) is 0.651. The Hall–Kier alpha value is -3.00. The lowest BCUT2D eigenvalue weighted by Gasteiger charge is -2.13. The third kappa shape index (κ3) is 3.93. The van der Waals surface area contributed by atoms with E-state index >= 15 is 0 Å². The summed E-state index contributed by atoms with van der Waals surface area (Å²) >= 11 is 0. The molecule has 0 unspecified atom stereocenters. The van der Waals surface area contributed by atoms with Gasteiger partial charge in [0.2, 0.25) is 5.91 Å². The number of nitrogens with one attached hydrogen (secondary N) is 1. The van der Waals surface area contributed by atoms with Crippen LogP contribution < -0.4 is 10.9 Å². The molecule has 1 heterocycles. The zero-order valence-electron chi connectivity index (χ0n) is 15.7. The van der Waals surface area contributed by atoms with Gasteiger partial charge in [0.25, 0.3) is 5.56 Å². The van der Waals surface area contributed by atoms with E-state index in [4.69, 9.17) is 0 Å². The Kier molecular flexibility index (Phi) is 5.19. The predicted molar refractivity (Wildman–Crippen MR) is 111 cm³/mol. The van der Waals surface area contributed by atoms with Crippen LogP contribution in [0.1, 0.15) is 25.7 Å². The predicted octanol–water partition coefficient (Wildman–Crippen LogP) is 2.75. The first-order valence-corrected chi connectivity index (χ1v) is 11.1. The number of benzene rings is 2. The molecule has 4 rings (SSSR count). The second kappa shape index (κ2) is 7.79. The van der Waals surface area contributed by atoms with Crippen molar-refractivity contribution in [3.63, 3.8) is 0 Å². The molecule has 1 amide bonds. The van der Waals surface area contributed by atoms with E-state index in [0.29, 0.717) is 29.4 Å². The van der Waals surface area contributed by atoms with E-state index in [9.17, 15) is 18.0 Å². The zero-order valence-corrected chi connectivity index (χ0v) is 16.6. The second-order valence-corrected chi connectivity index (χ2v) is 9.45. The first kappa shape index (κ1) is 19.3. The third-order valence-corrected chi connectivity index (χ3v) is 7.49. The van der Waals surface area contributed by atoms with Gasteiger partial charge < -0.3 is 5.32 Å². The first-order valence-electron chi connectivity index (χ1n) is 9.53. The molecule has 1 aromatic heterocycles. The monoisotopic (exact) mass is 411 g/mol. The van der Waals surface area contributed by atoms with E-state index < -0.39 is 15.7 Å². The molecule has 0 bridgehead atoms. The van der Waals surface area contributed by atoms with Crippen LogP contribution in [0.5, 0.6) is 0 Å². The van der Waals surface area contributed by atoms with Gasteiger partial charge in [0, 0.05) is 5.69 Å². The molecule has 150 valence electrons. The Bertz CT molecular complexity index is 1230. The molecule has 0 aliphatic heterocycles. The zero-order chi connectivity index (χ0) is 20.4. The van der Waals surface area contributed by atoms with Crippen LogP contribution >= 0.6 is 0 Å². The largest absolute Gasteiger partial charge is 0.324 e. The van der Waals surface area contributed by atoms with Gasteiger partial charge in [-0.2, -0.15) is 0 Å². The molecule has 29 heavy (non-hydrogen) atoms. The Morgan fingerprint density at radius 3 is 2.66 bits per heavy atom. The third-order valence-electron chi connectivity index (χ3n) is 5.23. The number of anilines is 1. The first-order chi connectivity index (χ1) is 13.9. The van der Waals surface area contributed by atoms with E-state index in [-0.39, 0.29) is 22.2 Å². The molecule has 7 nitrogen and oxygen atoms in total. The standard InChI is InChI=1S/C21H21N3O4S/c25-20(13-24-14-22-19-11-4-3-10-18(19)21(24)26)23-15-6-5-9-17(12-15)29(27,28)16-7-1-2-8-16/h3-6,9-12,14,16H,1-2,7-8,13H2,(H,23,25). The summed E-state index contributed by atoms with van der Waals surface area (Å²) in [6, 6.07) is 13.2. The summed E-state index contributed by atoms with van der Waals surface area (Å²) in [7, 11) is -3.40. The number of nitrogens with zero attached hydrogens (tertiary/aromatic N) is 2. The van der Waals surface area contributed by atoms with E-state index in [1.54, 1.807) is 42.5 Å². The SMILES string of the molecule is O=C(Cn1cnc2ccccc2c1=O)Nc1cccc(S(=O)(=O)C2CCCC2)c1. The van der Waals surface area contributed by atoms with Crippen LogP contribution in [-0.4, -0.2) is 29.1 Å². The number of carbonyl (C=O) groups excluding carboxylic acids is 1. The molecule has 3 aromatic rings. The summed E-state index contributed by atoms with van der Waals surface area (Å²) in [4.78, 5) is 29.4. The Morgan fingerprint density at radius 2 is 1.86 bits per heavy atom. The number of hydrogen-bond acceptors (Lipinski definition) is 5. The summed E-state index contributed by atoms with van der Waals surface area (Å²) in [5.74, 6) is -0.431. The smallest absolute Gasteiger partial charge is 0.261 e. The van der Waals surface area contributed by atoms with Gasteiger partial charge in [-0.05, 0) is 43.2 Å². The van der Waals surface area contributed by atoms with Crippen molar-refractivity contribution >= 4 is 32.3 Å². The maximum absolute atomic E-state index is 12.8. The minimum absolute atomic E-state index is 0.212. The van der Waals surface area contributed by atoms with Gasteiger partial charge in [-0.3, -0.25) is 14.2 Å². The van der Waals surface area contributed by atoms with Crippen molar-refractivity contribution in [1.29, 1.82) is 0 Å². The van der Waals surface area contributed by atoms with Crippen LogP contribution in [0.2, 0.25) is 0 Å². The van der Waals surface area contributed by atoms with Gasteiger partial charge in [-0.15, -0.1) is 0 Å². The second-order valence-electron chi connectivity index (χ2n) is 7.22. The van der Waals surface area contributed by atoms with Crippen molar-refractivity contribution in [1.82, 2.24) is 9.55 Å². The van der Waals surface area contributed by atoms with Crippen molar-refractivity contribution in [2.45, 2.75) is 42.4 Å². The van der Waals surface area contributed by atoms with Crippen molar-refractivity contribution in [2.24, 2.45) is 0 Å². The average Bonchev–Trinajstić information content (AvgIpc) is 3.26. The molecular formula is C21H21N3O4S. The summed E-state index contributed by atoms with van der Waals surface area (Å²) in [5, 5.41) is 2.76. The average molecular weight is 411 g/mol. The number of aromatic nitrogens is 2. The fourth-order valence-corrected chi connectivity index (χ4v) is 5.61. The summed E-state index contributed by atoms with van der Waals surface area (Å²) < 4.78 is 26.8. The normalized spacial score (nSPS) is 14.9. The molecule has 2 aromatic carbocycles. The highest BCUT2D eigenvalue weighted by Gasteiger charge is 2.30. The van der Waals surface area contributed by atoms with Crippen molar-refractivity contribution < 1.29 is 13.2 Å². The van der Waals surface area contributed by atoms with Crippen LogP contribution in [0.15, 0.2) is 64.5 Å². The van der Waals surface area contributed by atoms with Gasteiger partial charge >= 0.3 is 0 Å². The number of sulfone groups is 1. The molecule has 1 aliphatic carbocycles. The molecule has 0 radical (unpaired) electrons. The number of hydrogen-bond donors (Lipinski definition) is 1. The van der Waals surface area contributed by atoms with E-state index in [0.717, 1.165) is 12.8 Å². The highest BCUT2D eigenvalue weighted by molar-refractivity contribution is 7.92. The minimum atomic E-state index is -3.40.